The zero-order valence-corrected chi connectivity index (χ0v) is 11.8. The molecule has 17 heavy (non-hydrogen) atoms. The fourth-order valence-electron chi connectivity index (χ4n) is 1.35. The fraction of sp³-hybridized carbons (Fsp3) is 0.111. The minimum atomic E-state index is -3.88. The van der Waals surface area contributed by atoms with Crippen molar-refractivity contribution in [3.05, 3.63) is 28.2 Å². The number of rotatable bonds is 2. The third kappa shape index (κ3) is 2.67. The number of aryl methyl sites for hydroxylation is 1. The van der Waals surface area contributed by atoms with Crippen LogP contribution in [0, 0.1) is 6.92 Å². The van der Waals surface area contributed by atoms with Crippen molar-refractivity contribution in [2.75, 3.05) is 0 Å². The van der Waals surface area contributed by atoms with E-state index < -0.39 is 9.05 Å². The minimum Gasteiger partial charge on any atom is -0.248 e. The number of aromatic amines is 1. The van der Waals surface area contributed by atoms with Crippen molar-refractivity contribution in [1.82, 2.24) is 15.2 Å². The van der Waals surface area contributed by atoms with Crippen molar-refractivity contribution in [3.8, 4) is 11.4 Å². The third-order valence-electron chi connectivity index (χ3n) is 2.13. The van der Waals surface area contributed by atoms with E-state index in [-0.39, 0.29) is 5.16 Å². The van der Waals surface area contributed by atoms with Crippen LogP contribution in [0.4, 0.5) is 0 Å². The molecule has 2 aromatic rings. The van der Waals surface area contributed by atoms with Crippen LogP contribution >= 0.6 is 26.6 Å². The molecule has 0 bridgehead atoms. The Morgan fingerprint density at radius 2 is 2.12 bits per heavy atom. The smallest absolute Gasteiger partial charge is 0.248 e. The Bertz CT molecular complexity index is 669. The monoisotopic (exact) mass is 335 g/mol. The Morgan fingerprint density at radius 3 is 2.65 bits per heavy atom. The van der Waals surface area contributed by atoms with Gasteiger partial charge in [0.25, 0.3) is 14.2 Å². The third-order valence-corrected chi connectivity index (χ3v) is 3.70. The van der Waals surface area contributed by atoms with E-state index in [0.717, 1.165) is 15.6 Å². The van der Waals surface area contributed by atoms with E-state index in [9.17, 15) is 8.42 Å². The van der Waals surface area contributed by atoms with Gasteiger partial charge in [0.05, 0.1) is 0 Å². The Hall–Kier alpha value is -0.920. The zero-order valence-electron chi connectivity index (χ0n) is 8.61. The lowest BCUT2D eigenvalue weighted by Crippen LogP contribution is -1.93. The van der Waals surface area contributed by atoms with Crippen LogP contribution in [0.1, 0.15) is 5.56 Å². The number of hydrogen-bond donors (Lipinski definition) is 1. The predicted octanol–water partition coefficient (Wildman–Crippen LogP) is 2.47. The maximum atomic E-state index is 11.0. The van der Waals surface area contributed by atoms with Gasteiger partial charge in [0, 0.05) is 20.7 Å². The van der Waals surface area contributed by atoms with Crippen molar-refractivity contribution in [2.45, 2.75) is 12.1 Å². The first-order valence-electron chi connectivity index (χ1n) is 4.51. The van der Waals surface area contributed by atoms with Gasteiger partial charge < -0.3 is 0 Å². The van der Waals surface area contributed by atoms with E-state index in [0.29, 0.717) is 5.82 Å². The highest BCUT2D eigenvalue weighted by Crippen LogP contribution is 2.24. The molecule has 1 aromatic heterocycles. The number of H-pyrrole nitrogens is 1. The molecule has 0 amide bonds. The lowest BCUT2D eigenvalue weighted by atomic mass is 10.1. The zero-order chi connectivity index (χ0) is 12.6. The first-order valence-corrected chi connectivity index (χ1v) is 7.62. The van der Waals surface area contributed by atoms with Crippen LogP contribution in [-0.2, 0) is 9.05 Å². The summed E-state index contributed by atoms with van der Waals surface area (Å²) in [7, 11) is 1.28. The number of nitrogens with zero attached hydrogens (tertiary/aromatic N) is 2. The Kier molecular flexibility index (Phi) is 3.24. The van der Waals surface area contributed by atoms with Crippen molar-refractivity contribution in [3.63, 3.8) is 0 Å². The minimum absolute atomic E-state index is 0.300. The lowest BCUT2D eigenvalue weighted by Gasteiger charge is -2.00. The van der Waals surface area contributed by atoms with Crippen LogP contribution in [0.3, 0.4) is 0 Å². The number of aromatic nitrogens is 3. The molecule has 1 aromatic carbocycles. The van der Waals surface area contributed by atoms with E-state index in [1.165, 1.54) is 0 Å². The SMILES string of the molecule is Cc1cc(Br)ccc1-c1n[nH]c(S(=O)(=O)Cl)n1. The molecule has 0 radical (unpaired) electrons. The molecule has 8 heteroatoms. The van der Waals surface area contributed by atoms with Crippen LogP contribution < -0.4 is 0 Å². The standard InChI is InChI=1S/C9H7BrClN3O2S/c1-5-4-6(10)2-3-7(5)8-12-9(14-13-8)17(11,15)16/h2-4H,1H3,(H,12,13,14). The highest BCUT2D eigenvalue weighted by Gasteiger charge is 2.17. The molecule has 2 rings (SSSR count). The molecule has 0 saturated heterocycles. The van der Waals surface area contributed by atoms with E-state index >= 15 is 0 Å². The molecule has 0 saturated carbocycles. The summed E-state index contributed by atoms with van der Waals surface area (Å²) in [6, 6.07) is 5.52. The number of benzene rings is 1. The average Bonchev–Trinajstić information content (AvgIpc) is 2.65. The fourth-order valence-corrected chi connectivity index (χ4v) is 2.39. The second-order valence-electron chi connectivity index (χ2n) is 3.36. The molecule has 0 spiro atoms. The maximum absolute atomic E-state index is 11.0. The van der Waals surface area contributed by atoms with Gasteiger partial charge in [-0.15, -0.1) is 0 Å². The number of nitrogens with one attached hydrogen (secondary N) is 1. The molecule has 0 fully saturated rings. The summed E-state index contributed by atoms with van der Waals surface area (Å²) in [5.74, 6) is 0.300. The molecule has 0 aliphatic carbocycles. The van der Waals surface area contributed by atoms with Crippen LogP contribution in [-0.4, -0.2) is 23.6 Å². The van der Waals surface area contributed by atoms with Crippen molar-refractivity contribution in [2.24, 2.45) is 0 Å². The summed E-state index contributed by atoms with van der Waals surface area (Å²) in [5, 5.41) is 5.77. The topological polar surface area (TPSA) is 75.7 Å². The van der Waals surface area contributed by atoms with Gasteiger partial charge in [-0.1, -0.05) is 15.9 Å². The lowest BCUT2D eigenvalue weighted by molar-refractivity contribution is 0.602. The molecular formula is C9H7BrClN3O2S. The highest BCUT2D eigenvalue weighted by molar-refractivity contribution is 9.10. The van der Waals surface area contributed by atoms with Crippen LogP contribution in [0.5, 0.6) is 0 Å². The number of hydrogen-bond acceptors (Lipinski definition) is 4. The van der Waals surface area contributed by atoms with Gasteiger partial charge in [-0.25, -0.2) is 13.5 Å². The summed E-state index contributed by atoms with van der Waals surface area (Å²) in [5.41, 5.74) is 1.67. The van der Waals surface area contributed by atoms with Gasteiger partial charge in [0.15, 0.2) is 5.82 Å². The van der Waals surface area contributed by atoms with E-state index in [1.54, 1.807) is 6.07 Å². The predicted molar refractivity (Wildman–Crippen MR) is 67.3 cm³/mol. The summed E-state index contributed by atoms with van der Waals surface area (Å²) in [6.45, 7) is 1.88. The van der Waals surface area contributed by atoms with Crippen LogP contribution in [0.25, 0.3) is 11.4 Å². The van der Waals surface area contributed by atoms with Gasteiger partial charge >= 0.3 is 0 Å². The molecule has 1 N–H and O–H groups in total. The maximum Gasteiger partial charge on any atom is 0.296 e. The summed E-state index contributed by atoms with van der Waals surface area (Å²) >= 11 is 3.34. The van der Waals surface area contributed by atoms with E-state index in [1.807, 2.05) is 19.1 Å². The number of halogens is 2. The van der Waals surface area contributed by atoms with Crippen LogP contribution in [0.2, 0.25) is 0 Å². The molecule has 0 atom stereocenters. The van der Waals surface area contributed by atoms with E-state index in [4.69, 9.17) is 10.7 Å². The Morgan fingerprint density at radius 1 is 1.41 bits per heavy atom. The molecule has 90 valence electrons. The average molecular weight is 337 g/mol. The van der Waals surface area contributed by atoms with Crippen LogP contribution in [0.15, 0.2) is 27.8 Å². The van der Waals surface area contributed by atoms with Gasteiger partial charge in [0.2, 0.25) is 0 Å². The van der Waals surface area contributed by atoms with Crippen molar-refractivity contribution < 1.29 is 8.42 Å². The largest absolute Gasteiger partial charge is 0.296 e. The van der Waals surface area contributed by atoms with E-state index in [2.05, 4.69) is 31.1 Å². The Balaban J connectivity index is 2.51. The molecule has 0 unspecified atom stereocenters. The molecule has 0 aliphatic rings. The highest BCUT2D eigenvalue weighted by atomic mass is 79.9. The molecular weight excluding hydrogens is 330 g/mol. The second kappa shape index (κ2) is 4.40. The molecule has 1 heterocycles. The normalized spacial score (nSPS) is 11.7. The second-order valence-corrected chi connectivity index (χ2v) is 6.76. The Labute approximate surface area is 111 Å². The van der Waals surface area contributed by atoms with Crippen molar-refractivity contribution >= 4 is 35.7 Å². The first-order chi connectivity index (χ1) is 7.88. The quantitative estimate of drug-likeness (QED) is 0.855. The molecule has 5 nitrogen and oxygen atoms in total. The summed E-state index contributed by atoms with van der Waals surface area (Å²) in [4.78, 5) is 3.84. The summed E-state index contributed by atoms with van der Waals surface area (Å²) < 4.78 is 23.0. The van der Waals surface area contributed by atoms with Crippen molar-refractivity contribution in [1.29, 1.82) is 0 Å². The first kappa shape index (κ1) is 12.5. The van der Waals surface area contributed by atoms with Gasteiger partial charge in [-0.2, -0.15) is 10.1 Å². The summed E-state index contributed by atoms with van der Waals surface area (Å²) in [6.07, 6.45) is 0. The van der Waals surface area contributed by atoms with Gasteiger partial charge in [0.1, 0.15) is 0 Å². The van der Waals surface area contributed by atoms with Gasteiger partial charge in [-0.05, 0) is 30.7 Å². The van der Waals surface area contributed by atoms with Gasteiger partial charge in [-0.3, -0.25) is 0 Å². The molecule has 0 aliphatic heterocycles.